The normalized spacial score (nSPS) is 20.4. The van der Waals surface area contributed by atoms with E-state index in [-0.39, 0.29) is 30.3 Å². The summed E-state index contributed by atoms with van der Waals surface area (Å²) < 4.78 is 0.683. The molecule has 0 aliphatic carbocycles. The maximum atomic E-state index is 12.6. The molecule has 2 aromatic heterocycles. The Hall–Kier alpha value is -2.88. The third-order valence-electron chi connectivity index (χ3n) is 4.28. The van der Waals surface area contributed by atoms with Crippen LogP contribution in [0.4, 0.5) is 4.79 Å². The summed E-state index contributed by atoms with van der Waals surface area (Å²) in [5, 5.41) is 12.9. The van der Waals surface area contributed by atoms with Crippen LogP contribution >= 0.6 is 11.3 Å². The summed E-state index contributed by atoms with van der Waals surface area (Å²) in [4.78, 5) is 52.9. The lowest BCUT2D eigenvalue weighted by molar-refractivity contribution is -0.122. The lowest BCUT2D eigenvalue weighted by Crippen LogP contribution is -2.54. The molecule has 1 unspecified atom stereocenters. The Labute approximate surface area is 138 Å². The Morgan fingerprint density at radius 1 is 1.29 bits per heavy atom. The van der Waals surface area contributed by atoms with Gasteiger partial charge in [-0.2, -0.15) is 0 Å². The minimum atomic E-state index is -1.06. The number of aromatic nitrogens is 1. The summed E-state index contributed by atoms with van der Waals surface area (Å²) in [5.41, 5.74) is 0.820. The molecule has 4 amide bonds. The largest absolute Gasteiger partial charge is 0.478 e. The Morgan fingerprint density at radius 3 is 2.83 bits per heavy atom. The van der Waals surface area contributed by atoms with Gasteiger partial charge in [-0.25, -0.2) is 9.59 Å². The van der Waals surface area contributed by atoms with Gasteiger partial charge in [0.15, 0.2) is 0 Å². The number of hydrogen-bond donors (Lipinski definition) is 3. The number of imide groups is 1. The first-order valence-electron chi connectivity index (χ1n) is 7.20. The number of urea groups is 1. The first-order valence-corrected chi connectivity index (χ1v) is 8.08. The SMILES string of the molecule is O=C(O)c1csc2cc(C(=O)N3CCN4C(=O)NC(=O)C4C3)[nH]c12. The number of carboxylic acids is 1. The molecule has 0 spiro atoms. The lowest BCUT2D eigenvalue weighted by atomic mass is 10.2. The third kappa shape index (κ3) is 2.07. The van der Waals surface area contributed by atoms with Crippen LogP contribution in [0.15, 0.2) is 11.4 Å². The van der Waals surface area contributed by atoms with Crippen molar-refractivity contribution in [1.29, 1.82) is 0 Å². The monoisotopic (exact) mass is 348 g/mol. The van der Waals surface area contributed by atoms with E-state index in [1.807, 2.05) is 0 Å². The first-order chi connectivity index (χ1) is 11.5. The maximum Gasteiger partial charge on any atom is 0.338 e. The molecule has 0 aromatic carbocycles. The van der Waals surface area contributed by atoms with Crippen molar-refractivity contribution in [2.75, 3.05) is 19.6 Å². The quantitative estimate of drug-likeness (QED) is 0.674. The van der Waals surface area contributed by atoms with Crippen molar-refractivity contribution >= 4 is 45.4 Å². The van der Waals surface area contributed by atoms with Crippen LogP contribution < -0.4 is 5.32 Å². The van der Waals surface area contributed by atoms with Crippen molar-refractivity contribution in [2.24, 2.45) is 0 Å². The zero-order valence-electron chi connectivity index (χ0n) is 12.2. The molecule has 10 heteroatoms. The average molecular weight is 348 g/mol. The zero-order valence-corrected chi connectivity index (χ0v) is 13.1. The summed E-state index contributed by atoms with van der Waals surface area (Å²) in [6.07, 6.45) is 0. The highest BCUT2D eigenvalue weighted by Gasteiger charge is 2.43. The lowest BCUT2D eigenvalue weighted by Gasteiger charge is -2.35. The van der Waals surface area contributed by atoms with Gasteiger partial charge in [0.05, 0.1) is 22.3 Å². The summed E-state index contributed by atoms with van der Waals surface area (Å²) in [7, 11) is 0. The smallest absolute Gasteiger partial charge is 0.338 e. The molecule has 0 radical (unpaired) electrons. The number of nitrogens with zero attached hydrogens (tertiary/aromatic N) is 2. The predicted molar refractivity (Wildman–Crippen MR) is 83.1 cm³/mol. The van der Waals surface area contributed by atoms with Crippen molar-refractivity contribution in [3.05, 3.63) is 22.7 Å². The van der Waals surface area contributed by atoms with Gasteiger partial charge in [-0.15, -0.1) is 11.3 Å². The van der Waals surface area contributed by atoms with Crippen LogP contribution in [-0.2, 0) is 4.79 Å². The van der Waals surface area contributed by atoms with E-state index < -0.39 is 23.9 Å². The van der Waals surface area contributed by atoms with Crippen LogP contribution in [0.3, 0.4) is 0 Å². The molecule has 24 heavy (non-hydrogen) atoms. The van der Waals surface area contributed by atoms with Crippen LogP contribution in [0.25, 0.3) is 10.2 Å². The van der Waals surface area contributed by atoms with Crippen LogP contribution in [0.5, 0.6) is 0 Å². The van der Waals surface area contributed by atoms with Gasteiger partial charge < -0.3 is 19.9 Å². The molecule has 124 valence electrons. The van der Waals surface area contributed by atoms with Gasteiger partial charge in [-0.1, -0.05) is 0 Å². The van der Waals surface area contributed by atoms with Gasteiger partial charge >= 0.3 is 12.0 Å². The number of hydrogen-bond acceptors (Lipinski definition) is 5. The minimum Gasteiger partial charge on any atom is -0.478 e. The highest BCUT2D eigenvalue weighted by atomic mass is 32.1. The van der Waals surface area contributed by atoms with E-state index >= 15 is 0 Å². The van der Waals surface area contributed by atoms with Crippen LogP contribution in [0.1, 0.15) is 20.8 Å². The maximum absolute atomic E-state index is 12.6. The molecule has 0 saturated carbocycles. The van der Waals surface area contributed by atoms with Gasteiger partial charge in [0.1, 0.15) is 11.7 Å². The van der Waals surface area contributed by atoms with E-state index in [1.165, 1.54) is 26.5 Å². The van der Waals surface area contributed by atoms with E-state index in [2.05, 4.69) is 10.3 Å². The number of fused-ring (bicyclic) bond motifs is 2. The number of rotatable bonds is 2. The summed E-state index contributed by atoms with van der Waals surface area (Å²) in [5.74, 6) is -1.78. The average Bonchev–Trinajstić information content (AvgIpc) is 3.19. The fraction of sp³-hybridized carbons (Fsp3) is 0.286. The number of aromatic amines is 1. The number of carbonyl (C=O) groups excluding carboxylic acids is 3. The van der Waals surface area contributed by atoms with Crippen molar-refractivity contribution in [3.63, 3.8) is 0 Å². The molecule has 2 saturated heterocycles. The van der Waals surface area contributed by atoms with Gasteiger partial charge in [-0.3, -0.25) is 14.9 Å². The molecule has 0 bridgehead atoms. The Bertz CT molecular complexity index is 900. The minimum absolute atomic E-state index is 0.120. The zero-order chi connectivity index (χ0) is 17.0. The van der Waals surface area contributed by atoms with Gasteiger partial charge in [0, 0.05) is 18.5 Å². The molecule has 2 aliphatic heterocycles. The Morgan fingerprint density at radius 2 is 2.08 bits per heavy atom. The standard InChI is InChI=1S/C14H12N4O5S/c19-11-8-4-17(1-2-18(8)14(23)16-11)12(20)7-3-9-10(15-7)6(5-24-9)13(21)22/h3,5,8,15H,1-2,4H2,(H,21,22)(H,16,19,23). The van der Waals surface area contributed by atoms with Crippen LogP contribution in [0, 0.1) is 0 Å². The highest BCUT2D eigenvalue weighted by molar-refractivity contribution is 7.17. The van der Waals surface area contributed by atoms with Crippen molar-refractivity contribution in [1.82, 2.24) is 20.1 Å². The number of carboxylic acid groups (broad SMARTS) is 1. The summed E-state index contributed by atoms with van der Waals surface area (Å²) in [6.45, 7) is 0.715. The Balaban J connectivity index is 1.59. The van der Waals surface area contributed by atoms with Gasteiger partial charge in [-0.05, 0) is 6.07 Å². The van der Waals surface area contributed by atoms with E-state index in [0.29, 0.717) is 16.8 Å². The third-order valence-corrected chi connectivity index (χ3v) is 5.21. The second kappa shape index (κ2) is 5.06. The number of nitrogens with one attached hydrogen (secondary N) is 2. The number of thiophene rings is 1. The molecule has 1 atom stereocenters. The second-order valence-electron chi connectivity index (χ2n) is 5.63. The van der Waals surface area contributed by atoms with Crippen molar-refractivity contribution < 1.29 is 24.3 Å². The van der Waals surface area contributed by atoms with E-state index in [9.17, 15) is 19.2 Å². The number of amides is 4. The van der Waals surface area contributed by atoms with Crippen LogP contribution in [0.2, 0.25) is 0 Å². The fourth-order valence-corrected chi connectivity index (χ4v) is 3.98. The van der Waals surface area contributed by atoms with Crippen molar-refractivity contribution in [2.45, 2.75) is 6.04 Å². The molecule has 2 aromatic rings. The van der Waals surface area contributed by atoms with Crippen molar-refractivity contribution in [3.8, 4) is 0 Å². The molecular formula is C14H12N4O5S. The molecule has 4 rings (SSSR count). The predicted octanol–water partition coefficient (Wildman–Crippen LogP) is 0.304. The number of H-pyrrole nitrogens is 1. The number of carbonyl (C=O) groups is 4. The molecule has 9 nitrogen and oxygen atoms in total. The molecule has 4 heterocycles. The van der Waals surface area contributed by atoms with Gasteiger partial charge in [0.2, 0.25) is 0 Å². The number of aromatic carboxylic acids is 1. The Kier molecular flexibility index (Phi) is 3.10. The number of piperazine rings is 1. The van der Waals surface area contributed by atoms with E-state index in [4.69, 9.17) is 5.11 Å². The molecular weight excluding hydrogens is 336 g/mol. The first kappa shape index (κ1) is 14.7. The topological polar surface area (TPSA) is 123 Å². The van der Waals surface area contributed by atoms with Gasteiger partial charge in [0.25, 0.3) is 11.8 Å². The van der Waals surface area contributed by atoms with E-state index in [1.54, 1.807) is 6.07 Å². The van der Waals surface area contributed by atoms with E-state index in [0.717, 1.165) is 0 Å². The summed E-state index contributed by atoms with van der Waals surface area (Å²) in [6, 6.07) is 0.519. The summed E-state index contributed by atoms with van der Waals surface area (Å²) >= 11 is 1.24. The molecule has 2 fully saturated rings. The fourth-order valence-electron chi connectivity index (χ4n) is 3.05. The van der Waals surface area contributed by atoms with Crippen LogP contribution in [-0.4, -0.2) is 69.4 Å². The highest BCUT2D eigenvalue weighted by Crippen LogP contribution is 2.27. The molecule has 2 aliphatic rings. The molecule has 3 N–H and O–H groups in total. The second-order valence-corrected chi connectivity index (χ2v) is 6.54.